The van der Waals surface area contributed by atoms with Crippen LogP contribution in [0, 0.1) is 11.3 Å². The van der Waals surface area contributed by atoms with Crippen LogP contribution in [0.2, 0.25) is 0 Å². The molecule has 2 aromatic rings. The molecule has 0 saturated carbocycles. The van der Waals surface area contributed by atoms with Crippen molar-refractivity contribution in [2.75, 3.05) is 14.2 Å². The summed E-state index contributed by atoms with van der Waals surface area (Å²) in [4.78, 5) is 11.0. The lowest BCUT2D eigenvalue weighted by molar-refractivity contribution is -0.134. The topological polar surface area (TPSA) is 103 Å². The monoisotopic (exact) mass is 373 g/mol. The summed E-state index contributed by atoms with van der Waals surface area (Å²) in [6.07, 6.45) is 2.71. The van der Waals surface area contributed by atoms with Crippen molar-refractivity contribution in [3.05, 3.63) is 59.7 Å². The number of hydrogen-bond acceptors (Lipinski definition) is 7. The molecule has 0 bridgehead atoms. The highest BCUT2D eigenvalue weighted by Crippen LogP contribution is 2.31. The van der Waals surface area contributed by atoms with Gasteiger partial charge >= 0.3 is 16.1 Å². The molecule has 134 valence electrons. The van der Waals surface area contributed by atoms with Crippen molar-refractivity contribution in [1.82, 2.24) is 0 Å². The summed E-state index contributed by atoms with van der Waals surface area (Å²) in [6, 6.07) is 11.8. The number of nitrogens with zero attached hydrogens (tertiary/aromatic N) is 1. The molecular formula is C18H15NO6S. The van der Waals surface area contributed by atoms with Gasteiger partial charge in [-0.05, 0) is 42.0 Å². The van der Waals surface area contributed by atoms with Gasteiger partial charge in [0.1, 0.15) is 4.90 Å². The molecule has 0 N–H and O–H groups in total. The first-order valence-corrected chi connectivity index (χ1v) is 8.69. The van der Waals surface area contributed by atoms with Gasteiger partial charge in [0.15, 0.2) is 11.5 Å². The summed E-state index contributed by atoms with van der Waals surface area (Å²) in [5.41, 5.74) is 0.786. The minimum atomic E-state index is -4.14. The number of carbonyl (C=O) groups is 1. The summed E-state index contributed by atoms with van der Waals surface area (Å²) in [5.74, 6) is -0.383. The first-order chi connectivity index (χ1) is 12.4. The molecule has 0 radical (unpaired) electrons. The highest BCUT2D eigenvalue weighted by molar-refractivity contribution is 7.87. The van der Waals surface area contributed by atoms with Crippen molar-refractivity contribution < 1.29 is 26.9 Å². The van der Waals surface area contributed by atoms with E-state index in [2.05, 4.69) is 4.74 Å². The van der Waals surface area contributed by atoms with Crippen molar-refractivity contribution >= 4 is 22.2 Å². The van der Waals surface area contributed by atoms with E-state index in [4.69, 9.17) is 14.2 Å². The molecule has 0 fully saturated rings. The normalized spacial score (nSPS) is 11.0. The molecule has 0 amide bonds. The Labute approximate surface area is 151 Å². The van der Waals surface area contributed by atoms with Gasteiger partial charge in [0.2, 0.25) is 0 Å². The van der Waals surface area contributed by atoms with E-state index in [1.54, 1.807) is 6.07 Å². The fraction of sp³-hybridized carbons (Fsp3) is 0.111. The molecule has 26 heavy (non-hydrogen) atoms. The van der Waals surface area contributed by atoms with Crippen LogP contribution in [0.25, 0.3) is 6.08 Å². The molecule has 0 aliphatic carbocycles. The predicted molar refractivity (Wildman–Crippen MR) is 93.0 cm³/mol. The van der Waals surface area contributed by atoms with Crippen LogP contribution < -0.4 is 8.92 Å². The SMILES string of the molecule is COC(=O)/C=C/c1ccc(OS(=O)(=O)c2cccc(C#N)c2)c(OC)c1. The maximum absolute atomic E-state index is 12.4. The summed E-state index contributed by atoms with van der Waals surface area (Å²) in [6.45, 7) is 0. The fourth-order valence-electron chi connectivity index (χ4n) is 1.98. The Morgan fingerprint density at radius 3 is 2.54 bits per heavy atom. The molecule has 2 aromatic carbocycles. The zero-order chi connectivity index (χ0) is 19.2. The van der Waals surface area contributed by atoms with Gasteiger partial charge in [-0.25, -0.2) is 4.79 Å². The lowest BCUT2D eigenvalue weighted by Crippen LogP contribution is -2.10. The van der Waals surface area contributed by atoms with Gasteiger partial charge in [0.05, 0.1) is 25.9 Å². The van der Waals surface area contributed by atoms with Crippen LogP contribution in [0.1, 0.15) is 11.1 Å². The molecule has 2 rings (SSSR count). The van der Waals surface area contributed by atoms with E-state index >= 15 is 0 Å². The maximum atomic E-state index is 12.4. The van der Waals surface area contributed by atoms with E-state index in [0.717, 1.165) is 0 Å². The summed E-state index contributed by atoms with van der Waals surface area (Å²) >= 11 is 0. The second-order valence-electron chi connectivity index (χ2n) is 4.94. The molecule has 0 spiro atoms. The van der Waals surface area contributed by atoms with Crippen molar-refractivity contribution in [3.8, 4) is 17.6 Å². The Morgan fingerprint density at radius 1 is 1.12 bits per heavy atom. The van der Waals surface area contributed by atoms with Crippen LogP contribution in [-0.4, -0.2) is 28.6 Å². The molecule has 8 heteroatoms. The molecule has 0 saturated heterocycles. The molecule has 7 nitrogen and oxygen atoms in total. The van der Waals surface area contributed by atoms with E-state index in [0.29, 0.717) is 5.56 Å². The van der Waals surface area contributed by atoms with E-state index in [1.165, 1.54) is 62.8 Å². The van der Waals surface area contributed by atoms with Crippen molar-refractivity contribution in [2.24, 2.45) is 0 Å². The highest BCUT2D eigenvalue weighted by atomic mass is 32.2. The van der Waals surface area contributed by atoms with Gasteiger partial charge in [0, 0.05) is 6.08 Å². The zero-order valence-corrected chi connectivity index (χ0v) is 14.8. The Morgan fingerprint density at radius 2 is 1.88 bits per heavy atom. The molecule has 0 atom stereocenters. The molecule has 0 aliphatic rings. The lowest BCUT2D eigenvalue weighted by atomic mass is 10.2. The number of ether oxygens (including phenoxy) is 2. The summed E-state index contributed by atoms with van der Waals surface area (Å²) in [5, 5.41) is 8.89. The number of esters is 1. The summed E-state index contributed by atoms with van der Waals surface area (Å²) in [7, 11) is -1.52. The first-order valence-electron chi connectivity index (χ1n) is 7.28. The number of benzene rings is 2. The third-order valence-electron chi connectivity index (χ3n) is 3.25. The Kier molecular flexibility index (Phi) is 5.98. The third-order valence-corrected chi connectivity index (χ3v) is 4.48. The average Bonchev–Trinajstić information content (AvgIpc) is 2.66. The summed E-state index contributed by atoms with van der Waals surface area (Å²) < 4.78 is 39.6. The Hall–Kier alpha value is -3.31. The number of carbonyl (C=O) groups excluding carboxylic acids is 1. The van der Waals surface area contributed by atoms with Crippen LogP contribution in [0.3, 0.4) is 0 Å². The van der Waals surface area contributed by atoms with Crippen molar-refractivity contribution in [2.45, 2.75) is 4.90 Å². The molecular weight excluding hydrogens is 358 g/mol. The van der Waals surface area contributed by atoms with Crippen LogP contribution in [0.4, 0.5) is 0 Å². The van der Waals surface area contributed by atoms with Gasteiger partial charge < -0.3 is 13.7 Å². The molecule has 0 unspecified atom stereocenters. The van der Waals surface area contributed by atoms with Gasteiger partial charge in [-0.3, -0.25) is 0 Å². The van der Waals surface area contributed by atoms with Gasteiger partial charge in [-0.1, -0.05) is 12.1 Å². The largest absolute Gasteiger partial charge is 0.493 e. The lowest BCUT2D eigenvalue weighted by Gasteiger charge is -2.11. The van der Waals surface area contributed by atoms with Crippen LogP contribution in [0.15, 0.2) is 53.4 Å². The van der Waals surface area contributed by atoms with Crippen LogP contribution in [0.5, 0.6) is 11.5 Å². The number of nitriles is 1. The third kappa shape index (κ3) is 4.62. The van der Waals surface area contributed by atoms with E-state index in [1.807, 2.05) is 6.07 Å². The zero-order valence-electron chi connectivity index (χ0n) is 14.0. The first kappa shape index (κ1) is 19.0. The van der Waals surface area contributed by atoms with E-state index < -0.39 is 16.1 Å². The number of rotatable bonds is 6. The standard InChI is InChI=1S/C18H15NO6S/c1-23-17-11-13(7-9-18(20)24-2)6-8-16(17)25-26(21,22)15-5-3-4-14(10-15)12-19/h3-11H,1-2H3/b9-7+. The highest BCUT2D eigenvalue weighted by Gasteiger charge is 2.19. The predicted octanol–water partition coefficient (Wildman–Crippen LogP) is 2.52. The second-order valence-corrected chi connectivity index (χ2v) is 6.49. The number of methoxy groups -OCH3 is 2. The Balaban J connectivity index is 2.32. The Bertz CT molecular complexity index is 989. The smallest absolute Gasteiger partial charge is 0.339 e. The fourth-order valence-corrected chi connectivity index (χ4v) is 2.96. The van der Waals surface area contributed by atoms with Gasteiger partial charge in [-0.15, -0.1) is 0 Å². The molecule has 0 aliphatic heterocycles. The van der Waals surface area contributed by atoms with Gasteiger partial charge in [-0.2, -0.15) is 13.7 Å². The average molecular weight is 373 g/mol. The van der Waals surface area contributed by atoms with Gasteiger partial charge in [0.25, 0.3) is 0 Å². The van der Waals surface area contributed by atoms with Crippen molar-refractivity contribution in [3.63, 3.8) is 0 Å². The molecule has 0 heterocycles. The molecule has 0 aromatic heterocycles. The minimum Gasteiger partial charge on any atom is -0.493 e. The maximum Gasteiger partial charge on any atom is 0.339 e. The minimum absolute atomic E-state index is 0.0231. The van der Waals surface area contributed by atoms with Crippen LogP contribution in [-0.2, 0) is 19.6 Å². The van der Waals surface area contributed by atoms with E-state index in [9.17, 15) is 13.2 Å². The van der Waals surface area contributed by atoms with E-state index in [-0.39, 0.29) is 22.0 Å². The quantitative estimate of drug-likeness (QED) is 0.435. The second kappa shape index (κ2) is 8.18. The van der Waals surface area contributed by atoms with Crippen molar-refractivity contribution in [1.29, 1.82) is 5.26 Å². The number of hydrogen-bond donors (Lipinski definition) is 0. The van der Waals surface area contributed by atoms with Crippen LogP contribution >= 0.6 is 0 Å².